The van der Waals surface area contributed by atoms with Gasteiger partial charge < -0.3 is 23.9 Å². The summed E-state index contributed by atoms with van der Waals surface area (Å²) in [5.41, 5.74) is 0. The summed E-state index contributed by atoms with van der Waals surface area (Å²) in [5, 5.41) is 0. The van der Waals surface area contributed by atoms with E-state index >= 15 is 0 Å². The first-order valence-electron chi connectivity index (χ1n) is 4.60. The van der Waals surface area contributed by atoms with Crippen molar-refractivity contribution in [3.63, 3.8) is 0 Å². The van der Waals surface area contributed by atoms with Crippen molar-refractivity contribution in [2.75, 3.05) is 0 Å². The molecule has 0 aliphatic heterocycles. The zero-order valence-electron chi connectivity index (χ0n) is 8.61. The van der Waals surface area contributed by atoms with Crippen molar-refractivity contribution in [3.8, 4) is 0 Å². The summed E-state index contributed by atoms with van der Waals surface area (Å²) in [4.78, 5) is 0. The van der Waals surface area contributed by atoms with Gasteiger partial charge in [0.2, 0.25) is 0 Å². The fourth-order valence-electron chi connectivity index (χ4n) is 1.10. The van der Waals surface area contributed by atoms with E-state index in [9.17, 15) is 0 Å². The van der Waals surface area contributed by atoms with Crippen LogP contribution in [0.2, 0.25) is 0 Å². The van der Waals surface area contributed by atoms with Crippen molar-refractivity contribution in [1.29, 1.82) is 0 Å². The van der Waals surface area contributed by atoms with Gasteiger partial charge in [0.1, 0.15) is 0 Å². The Morgan fingerprint density at radius 2 is 1.58 bits per heavy atom. The summed E-state index contributed by atoms with van der Waals surface area (Å²) in [6, 6.07) is 0. The Labute approximate surface area is 105 Å². The second kappa shape index (κ2) is 14.8. The Morgan fingerprint density at radius 1 is 1.08 bits per heavy atom. The van der Waals surface area contributed by atoms with Crippen molar-refractivity contribution in [3.05, 3.63) is 6.92 Å². The van der Waals surface area contributed by atoms with Crippen LogP contribution in [-0.4, -0.2) is 23.1 Å². The number of unbranched alkanes of at least 4 members (excludes halogenated alkanes) is 4. The van der Waals surface area contributed by atoms with Gasteiger partial charge in [0.05, 0.1) is 0 Å². The van der Waals surface area contributed by atoms with Gasteiger partial charge in [-0.25, -0.2) is 0 Å². The third-order valence-electron chi connectivity index (χ3n) is 1.80. The minimum absolute atomic E-state index is 0. The van der Waals surface area contributed by atoms with Gasteiger partial charge in [-0.3, -0.25) is 0 Å². The maximum absolute atomic E-state index is 3.96. The quantitative estimate of drug-likeness (QED) is 0.362. The standard InChI is InChI=1S/C10H21.BrH.Mg/c1-4-5-6-7-8-9-10(2)3;;/h10H,2,4-9H2,1,3H3;1H;/q-1;;+2/p-1. The van der Waals surface area contributed by atoms with E-state index in [0.29, 0.717) is 5.92 Å². The van der Waals surface area contributed by atoms with E-state index in [1.165, 1.54) is 38.5 Å². The number of halogens is 1. The molecule has 12 heavy (non-hydrogen) atoms. The molecule has 1 unspecified atom stereocenters. The Balaban J connectivity index is -0.000000405. The zero-order valence-corrected chi connectivity index (χ0v) is 11.6. The van der Waals surface area contributed by atoms with E-state index in [-0.39, 0.29) is 40.0 Å². The van der Waals surface area contributed by atoms with Gasteiger partial charge in [0.15, 0.2) is 0 Å². The summed E-state index contributed by atoms with van der Waals surface area (Å²) < 4.78 is 0. The molecule has 0 fully saturated rings. The van der Waals surface area contributed by atoms with Crippen LogP contribution in [-0.2, 0) is 0 Å². The topological polar surface area (TPSA) is 0 Å². The van der Waals surface area contributed by atoms with Gasteiger partial charge in [-0.2, -0.15) is 5.92 Å². The first-order valence-corrected chi connectivity index (χ1v) is 4.60. The molecule has 0 N–H and O–H groups in total. The smallest absolute Gasteiger partial charge is 1.00 e. The third-order valence-corrected chi connectivity index (χ3v) is 1.80. The number of hydrogen-bond acceptors (Lipinski definition) is 0. The van der Waals surface area contributed by atoms with E-state index < -0.39 is 0 Å². The Bertz CT molecular complexity index is 64.9. The Kier molecular flexibility index (Phi) is 23.3. The Hall–Kier alpha value is 1.25. The molecule has 0 amide bonds. The van der Waals surface area contributed by atoms with Gasteiger partial charge in [-0.1, -0.05) is 52.4 Å². The van der Waals surface area contributed by atoms with Crippen LogP contribution in [0.1, 0.15) is 52.4 Å². The summed E-state index contributed by atoms with van der Waals surface area (Å²) in [6.45, 7) is 8.40. The van der Waals surface area contributed by atoms with Crippen molar-refractivity contribution in [1.82, 2.24) is 0 Å². The van der Waals surface area contributed by atoms with Gasteiger partial charge in [-0.05, 0) is 0 Å². The monoisotopic (exact) mass is 244 g/mol. The van der Waals surface area contributed by atoms with Crippen LogP contribution < -0.4 is 17.0 Å². The van der Waals surface area contributed by atoms with Crippen LogP contribution in [0.3, 0.4) is 0 Å². The summed E-state index contributed by atoms with van der Waals surface area (Å²) >= 11 is 0. The summed E-state index contributed by atoms with van der Waals surface area (Å²) in [7, 11) is 0. The molecule has 0 aromatic carbocycles. The Morgan fingerprint density at radius 3 is 2.00 bits per heavy atom. The van der Waals surface area contributed by atoms with E-state index in [2.05, 4.69) is 20.8 Å². The second-order valence-corrected chi connectivity index (χ2v) is 3.31. The van der Waals surface area contributed by atoms with Crippen LogP contribution in [0.15, 0.2) is 0 Å². The van der Waals surface area contributed by atoms with Crippen LogP contribution in [0, 0.1) is 12.8 Å². The molecule has 1 atom stereocenters. The molecule has 0 bridgehead atoms. The second-order valence-electron chi connectivity index (χ2n) is 3.31. The summed E-state index contributed by atoms with van der Waals surface area (Å²) in [5.74, 6) is 0.654. The molecule has 0 aliphatic rings. The average molecular weight is 245 g/mol. The first-order chi connectivity index (χ1) is 4.77. The van der Waals surface area contributed by atoms with Gasteiger partial charge in [0.25, 0.3) is 0 Å². The predicted octanol–water partition coefficient (Wildman–Crippen LogP) is 0.440. The fourth-order valence-corrected chi connectivity index (χ4v) is 1.10. The normalized spacial score (nSPS) is 11.2. The van der Waals surface area contributed by atoms with Crippen molar-refractivity contribution in [2.24, 2.45) is 5.92 Å². The molecule has 0 rings (SSSR count). The minimum Gasteiger partial charge on any atom is -1.00 e. The SMILES string of the molecule is [Br-].[CH2-]C(C)CCCCCCC.[Mg+2]. The molecule has 0 aliphatic carbocycles. The van der Waals surface area contributed by atoms with Gasteiger partial charge in [-0.15, -0.1) is 0 Å². The number of rotatable bonds is 6. The van der Waals surface area contributed by atoms with Crippen molar-refractivity contribution in [2.45, 2.75) is 52.4 Å². The molecular weight excluding hydrogens is 224 g/mol. The van der Waals surface area contributed by atoms with Crippen LogP contribution in [0.4, 0.5) is 0 Å². The maximum atomic E-state index is 3.96. The predicted molar refractivity (Wildman–Crippen MR) is 53.7 cm³/mol. The minimum atomic E-state index is 0. The molecule has 0 saturated carbocycles. The van der Waals surface area contributed by atoms with Crippen LogP contribution in [0.5, 0.6) is 0 Å². The molecular formula is C10H21BrMg. The molecule has 0 heterocycles. The molecule has 0 saturated heterocycles. The van der Waals surface area contributed by atoms with Crippen molar-refractivity contribution >= 4 is 23.1 Å². The van der Waals surface area contributed by atoms with Crippen LogP contribution in [0.25, 0.3) is 0 Å². The van der Waals surface area contributed by atoms with Gasteiger partial charge >= 0.3 is 23.1 Å². The first kappa shape index (κ1) is 18.9. The molecule has 0 radical (unpaired) electrons. The fraction of sp³-hybridized carbons (Fsp3) is 0.900. The molecule has 70 valence electrons. The number of hydrogen-bond donors (Lipinski definition) is 0. The van der Waals surface area contributed by atoms with E-state index in [1.807, 2.05) is 0 Å². The third kappa shape index (κ3) is 17.4. The van der Waals surface area contributed by atoms with Crippen LogP contribution >= 0.6 is 0 Å². The molecule has 0 spiro atoms. The van der Waals surface area contributed by atoms with E-state index in [0.717, 1.165) is 0 Å². The van der Waals surface area contributed by atoms with E-state index in [1.54, 1.807) is 0 Å². The molecule has 2 heteroatoms. The maximum Gasteiger partial charge on any atom is 2.00 e. The molecule has 0 aromatic heterocycles. The largest absolute Gasteiger partial charge is 2.00 e. The molecule has 0 aromatic rings. The molecule has 0 nitrogen and oxygen atoms in total. The summed E-state index contributed by atoms with van der Waals surface area (Å²) in [6.07, 6.45) is 8.27. The zero-order chi connectivity index (χ0) is 7.82. The van der Waals surface area contributed by atoms with E-state index in [4.69, 9.17) is 0 Å². The van der Waals surface area contributed by atoms with Crippen molar-refractivity contribution < 1.29 is 17.0 Å². The van der Waals surface area contributed by atoms with Gasteiger partial charge in [0, 0.05) is 0 Å². The average Bonchev–Trinajstić information content (AvgIpc) is 1.87.